The highest BCUT2D eigenvalue weighted by Gasteiger charge is 2.22. The molecule has 0 radical (unpaired) electrons. The van der Waals surface area contributed by atoms with E-state index in [1.54, 1.807) is 0 Å². The second-order valence-corrected chi connectivity index (χ2v) is 3.90. The quantitative estimate of drug-likeness (QED) is 0.503. The van der Waals surface area contributed by atoms with Crippen LogP contribution in [-0.2, 0) is 0 Å². The minimum atomic E-state index is -0.748. The van der Waals surface area contributed by atoms with Crippen LogP contribution >= 0.6 is 0 Å². The number of carbonyl (C=O) groups excluding carboxylic acids is 1. The van der Waals surface area contributed by atoms with Crippen LogP contribution in [0.15, 0.2) is 18.2 Å². The van der Waals surface area contributed by atoms with Gasteiger partial charge in [0.25, 0.3) is 11.6 Å². The summed E-state index contributed by atoms with van der Waals surface area (Å²) in [5.74, 6) is 0.905. The molecule has 19 heavy (non-hydrogen) atoms. The van der Waals surface area contributed by atoms with Crippen molar-refractivity contribution in [1.82, 2.24) is 5.32 Å². The third kappa shape index (κ3) is 3.78. The molecule has 1 aromatic carbocycles. The van der Waals surface area contributed by atoms with Crippen molar-refractivity contribution in [1.29, 1.82) is 0 Å². The van der Waals surface area contributed by atoms with Crippen LogP contribution in [0, 0.1) is 28.3 Å². The Morgan fingerprint density at radius 2 is 2.32 bits per heavy atom. The van der Waals surface area contributed by atoms with Gasteiger partial charge in [0.05, 0.1) is 11.0 Å². The number of rotatable bonds is 5. The molecule has 0 aliphatic carbocycles. The van der Waals surface area contributed by atoms with Gasteiger partial charge < -0.3 is 5.32 Å². The van der Waals surface area contributed by atoms with Gasteiger partial charge in [0.15, 0.2) is 0 Å². The van der Waals surface area contributed by atoms with Crippen LogP contribution in [0.4, 0.5) is 10.1 Å². The Morgan fingerprint density at radius 3 is 2.84 bits per heavy atom. The number of halogens is 1. The number of amides is 1. The van der Waals surface area contributed by atoms with Crippen molar-refractivity contribution in [3.8, 4) is 12.3 Å². The summed E-state index contributed by atoms with van der Waals surface area (Å²) in [4.78, 5) is 21.9. The predicted molar refractivity (Wildman–Crippen MR) is 68.0 cm³/mol. The molecule has 0 heterocycles. The first-order chi connectivity index (χ1) is 8.99. The van der Waals surface area contributed by atoms with Crippen LogP contribution in [0.5, 0.6) is 0 Å². The van der Waals surface area contributed by atoms with E-state index < -0.39 is 28.4 Å². The van der Waals surface area contributed by atoms with E-state index in [-0.39, 0.29) is 5.56 Å². The lowest BCUT2D eigenvalue weighted by Gasteiger charge is -2.12. The Bertz CT molecular complexity index is 537. The number of nitrogens with zero attached hydrogens (tertiary/aromatic N) is 1. The zero-order valence-electron chi connectivity index (χ0n) is 10.4. The summed E-state index contributed by atoms with van der Waals surface area (Å²) < 4.78 is 13.1. The standard InChI is InChI=1S/C13H13FN2O3/c1-3-5-10(4-2)15-13(17)11-8-9(14)6-7-12(11)16(18)19/h2,6-8,10H,3,5H2,1H3,(H,15,17). The number of hydrogen-bond acceptors (Lipinski definition) is 3. The van der Waals surface area contributed by atoms with Crippen molar-refractivity contribution in [2.75, 3.05) is 0 Å². The van der Waals surface area contributed by atoms with E-state index in [4.69, 9.17) is 6.42 Å². The first kappa shape index (κ1) is 14.6. The van der Waals surface area contributed by atoms with Gasteiger partial charge in [0, 0.05) is 6.07 Å². The smallest absolute Gasteiger partial charge is 0.282 e. The second kappa shape index (κ2) is 6.50. The van der Waals surface area contributed by atoms with Gasteiger partial charge in [-0.05, 0) is 18.6 Å². The third-order valence-corrected chi connectivity index (χ3v) is 2.48. The molecule has 1 N–H and O–H groups in total. The van der Waals surface area contributed by atoms with E-state index in [2.05, 4.69) is 11.2 Å². The topological polar surface area (TPSA) is 72.2 Å². The van der Waals surface area contributed by atoms with E-state index in [9.17, 15) is 19.3 Å². The molecule has 0 aromatic heterocycles. The fraction of sp³-hybridized carbons (Fsp3) is 0.308. The van der Waals surface area contributed by atoms with E-state index in [0.29, 0.717) is 6.42 Å². The lowest BCUT2D eigenvalue weighted by Crippen LogP contribution is -2.34. The van der Waals surface area contributed by atoms with Gasteiger partial charge in [0.1, 0.15) is 11.4 Å². The highest BCUT2D eigenvalue weighted by Crippen LogP contribution is 2.19. The average Bonchev–Trinajstić information content (AvgIpc) is 2.37. The van der Waals surface area contributed by atoms with Crippen molar-refractivity contribution in [2.45, 2.75) is 25.8 Å². The number of hydrogen-bond donors (Lipinski definition) is 1. The molecule has 1 amide bonds. The minimum Gasteiger partial charge on any atom is -0.338 e. The molecule has 6 heteroatoms. The van der Waals surface area contributed by atoms with Crippen molar-refractivity contribution in [3.05, 3.63) is 39.7 Å². The maximum Gasteiger partial charge on any atom is 0.282 e. The van der Waals surface area contributed by atoms with Gasteiger partial charge in [0.2, 0.25) is 0 Å². The predicted octanol–water partition coefficient (Wildman–Crippen LogP) is 2.27. The summed E-state index contributed by atoms with van der Waals surface area (Å²) >= 11 is 0. The Kier molecular flexibility index (Phi) is 5.01. The van der Waals surface area contributed by atoms with Crippen molar-refractivity contribution >= 4 is 11.6 Å². The summed E-state index contributed by atoms with van der Waals surface area (Å²) in [6.07, 6.45) is 6.54. The summed E-state index contributed by atoms with van der Waals surface area (Å²) in [7, 11) is 0. The SMILES string of the molecule is C#CC(CCC)NC(=O)c1cc(F)ccc1[N+](=O)[O-]. The molecule has 0 bridgehead atoms. The fourth-order valence-electron chi connectivity index (χ4n) is 1.57. The van der Waals surface area contributed by atoms with Crippen LogP contribution in [0.1, 0.15) is 30.1 Å². The molecule has 0 aliphatic rings. The van der Waals surface area contributed by atoms with Gasteiger partial charge in [-0.3, -0.25) is 14.9 Å². The molecule has 1 aromatic rings. The van der Waals surface area contributed by atoms with Crippen LogP contribution in [0.25, 0.3) is 0 Å². The third-order valence-electron chi connectivity index (χ3n) is 2.48. The maximum atomic E-state index is 13.1. The molecule has 100 valence electrons. The summed E-state index contributed by atoms with van der Waals surface area (Å²) in [6.45, 7) is 1.89. The summed E-state index contributed by atoms with van der Waals surface area (Å²) in [5, 5.41) is 13.2. The Balaban J connectivity index is 3.02. The van der Waals surface area contributed by atoms with Gasteiger partial charge in [-0.25, -0.2) is 4.39 Å². The first-order valence-electron chi connectivity index (χ1n) is 5.70. The summed E-state index contributed by atoms with van der Waals surface area (Å²) in [6, 6.07) is 2.18. The van der Waals surface area contributed by atoms with Crippen LogP contribution in [0.3, 0.4) is 0 Å². The highest BCUT2D eigenvalue weighted by molar-refractivity contribution is 5.98. The van der Waals surface area contributed by atoms with E-state index in [1.807, 2.05) is 6.92 Å². The molecule has 0 saturated heterocycles. The first-order valence-corrected chi connectivity index (χ1v) is 5.70. The summed E-state index contributed by atoms with van der Waals surface area (Å²) in [5.41, 5.74) is -0.785. The lowest BCUT2D eigenvalue weighted by atomic mass is 10.1. The van der Waals surface area contributed by atoms with E-state index in [0.717, 1.165) is 24.6 Å². The molecule has 0 saturated carbocycles. The highest BCUT2D eigenvalue weighted by atomic mass is 19.1. The largest absolute Gasteiger partial charge is 0.338 e. The molecular formula is C13H13FN2O3. The zero-order chi connectivity index (χ0) is 14.4. The lowest BCUT2D eigenvalue weighted by molar-refractivity contribution is -0.385. The van der Waals surface area contributed by atoms with E-state index >= 15 is 0 Å². The van der Waals surface area contributed by atoms with E-state index in [1.165, 1.54) is 0 Å². The molecular weight excluding hydrogens is 251 g/mol. The van der Waals surface area contributed by atoms with Gasteiger partial charge >= 0.3 is 0 Å². The van der Waals surface area contributed by atoms with Crippen LogP contribution in [0.2, 0.25) is 0 Å². The number of benzene rings is 1. The van der Waals surface area contributed by atoms with Crippen LogP contribution < -0.4 is 5.32 Å². The Hall–Kier alpha value is -2.42. The number of nitro benzene ring substituents is 1. The van der Waals surface area contributed by atoms with Crippen LogP contribution in [-0.4, -0.2) is 16.9 Å². The molecule has 0 aliphatic heterocycles. The molecule has 1 unspecified atom stereocenters. The Morgan fingerprint density at radius 1 is 1.63 bits per heavy atom. The van der Waals surface area contributed by atoms with Crippen molar-refractivity contribution in [2.24, 2.45) is 0 Å². The number of carbonyl (C=O) groups is 1. The fourth-order valence-corrected chi connectivity index (χ4v) is 1.57. The number of nitro groups is 1. The molecule has 0 spiro atoms. The zero-order valence-corrected chi connectivity index (χ0v) is 10.4. The minimum absolute atomic E-state index is 0.332. The number of nitrogens with one attached hydrogen (secondary N) is 1. The normalized spacial score (nSPS) is 11.4. The van der Waals surface area contributed by atoms with Crippen molar-refractivity contribution < 1.29 is 14.1 Å². The number of terminal acetylenes is 1. The maximum absolute atomic E-state index is 13.1. The molecule has 5 nitrogen and oxygen atoms in total. The molecule has 1 rings (SSSR count). The molecule has 0 fully saturated rings. The monoisotopic (exact) mass is 264 g/mol. The average molecular weight is 264 g/mol. The van der Waals surface area contributed by atoms with Gasteiger partial charge in [-0.1, -0.05) is 19.3 Å². The second-order valence-electron chi connectivity index (χ2n) is 3.90. The van der Waals surface area contributed by atoms with Crippen molar-refractivity contribution in [3.63, 3.8) is 0 Å². The van der Waals surface area contributed by atoms with Gasteiger partial charge in [-0.15, -0.1) is 6.42 Å². The van der Waals surface area contributed by atoms with Gasteiger partial charge in [-0.2, -0.15) is 0 Å². The molecule has 1 atom stereocenters. The Labute approximate surface area is 110 Å².